The molecule has 2 nitrogen and oxygen atoms in total. The summed E-state index contributed by atoms with van der Waals surface area (Å²) in [5.41, 5.74) is 10.4. The fourth-order valence-electron chi connectivity index (χ4n) is 2.13. The number of rotatable bonds is 2. The summed E-state index contributed by atoms with van der Waals surface area (Å²) in [4.78, 5) is 4.73. The van der Waals surface area contributed by atoms with Crippen LogP contribution in [0, 0.1) is 0 Å². The molecule has 0 atom stereocenters. The number of nitrogens with zero attached hydrogens (tertiary/aromatic N) is 1. The Balaban J connectivity index is 2.59. The highest BCUT2D eigenvalue weighted by Crippen LogP contribution is 2.28. The van der Waals surface area contributed by atoms with E-state index in [1.165, 1.54) is 5.56 Å². The zero-order chi connectivity index (χ0) is 13.3. The molecule has 0 spiro atoms. The molecule has 0 bridgehead atoms. The summed E-state index contributed by atoms with van der Waals surface area (Å²) in [5, 5.41) is 1.08. The molecule has 18 heavy (non-hydrogen) atoms. The Bertz CT molecular complexity index is 565. The molecule has 0 aliphatic carbocycles. The van der Waals surface area contributed by atoms with Crippen LogP contribution in [0.5, 0.6) is 0 Å². The normalized spacial score (nSPS) is 12.0. The molecule has 0 amide bonds. The van der Waals surface area contributed by atoms with Gasteiger partial charge in [0.05, 0.1) is 5.52 Å². The lowest BCUT2D eigenvalue weighted by atomic mass is 9.90. The zero-order valence-corrected chi connectivity index (χ0v) is 11.7. The van der Waals surface area contributed by atoms with Crippen molar-refractivity contribution in [2.45, 2.75) is 46.0 Å². The Morgan fingerprint density at radius 1 is 1.17 bits per heavy atom. The average molecular weight is 242 g/mol. The molecule has 2 N–H and O–H groups in total. The highest BCUT2D eigenvalue weighted by molar-refractivity contribution is 5.90. The van der Waals surface area contributed by atoms with Gasteiger partial charge in [0, 0.05) is 22.2 Å². The summed E-state index contributed by atoms with van der Waals surface area (Å²) in [6.07, 6.45) is 2.25. The molecular formula is C16H22N2. The van der Waals surface area contributed by atoms with Crippen molar-refractivity contribution in [2.75, 3.05) is 5.73 Å². The van der Waals surface area contributed by atoms with Crippen molar-refractivity contribution in [1.29, 1.82) is 0 Å². The van der Waals surface area contributed by atoms with E-state index in [1.54, 1.807) is 0 Å². The van der Waals surface area contributed by atoms with E-state index in [4.69, 9.17) is 10.7 Å². The molecule has 0 unspecified atom stereocenters. The van der Waals surface area contributed by atoms with E-state index in [0.29, 0.717) is 0 Å². The third-order valence-corrected chi connectivity index (χ3v) is 3.21. The van der Waals surface area contributed by atoms with Crippen LogP contribution >= 0.6 is 0 Å². The number of benzene rings is 1. The van der Waals surface area contributed by atoms with Gasteiger partial charge in [0.25, 0.3) is 0 Å². The number of anilines is 1. The Kier molecular flexibility index (Phi) is 3.29. The predicted molar refractivity (Wildman–Crippen MR) is 78.9 cm³/mol. The Morgan fingerprint density at radius 3 is 2.50 bits per heavy atom. The van der Waals surface area contributed by atoms with Gasteiger partial charge in [-0.25, -0.2) is 0 Å². The molecule has 1 heterocycles. The molecule has 2 aromatic rings. The van der Waals surface area contributed by atoms with Crippen LogP contribution in [-0.4, -0.2) is 4.98 Å². The number of aromatic nitrogens is 1. The topological polar surface area (TPSA) is 38.9 Å². The van der Waals surface area contributed by atoms with Crippen molar-refractivity contribution in [3.63, 3.8) is 0 Å². The predicted octanol–water partition coefficient (Wildman–Crippen LogP) is 4.07. The highest BCUT2D eigenvalue weighted by Gasteiger charge is 2.17. The monoisotopic (exact) mass is 242 g/mol. The number of nitrogens with two attached hydrogens (primary N) is 1. The van der Waals surface area contributed by atoms with Crippen molar-refractivity contribution in [3.05, 3.63) is 35.5 Å². The van der Waals surface area contributed by atoms with E-state index < -0.39 is 0 Å². The minimum atomic E-state index is 0.0321. The lowest BCUT2D eigenvalue weighted by Crippen LogP contribution is -2.14. The summed E-state index contributed by atoms with van der Waals surface area (Å²) in [5.74, 6) is 0. The third-order valence-electron chi connectivity index (χ3n) is 3.21. The van der Waals surface area contributed by atoms with Gasteiger partial charge < -0.3 is 5.73 Å². The quantitative estimate of drug-likeness (QED) is 0.862. The van der Waals surface area contributed by atoms with Gasteiger partial charge in [-0.3, -0.25) is 4.98 Å². The first kappa shape index (κ1) is 12.9. The first-order valence-electron chi connectivity index (χ1n) is 6.61. The van der Waals surface area contributed by atoms with Gasteiger partial charge in [-0.15, -0.1) is 0 Å². The van der Waals surface area contributed by atoms with Crippen molar-refractivity contribution in [2.24, 2.45) is 0 Å². The van der Waals surface area contributed by atoms with Crippen LogP contribution in [0.3, 0.4) is 0 Å². The molecule has 1 aromatic heterocycles. The Hall–Kier alpha value is -1.57. The van der Waals surface area contributed by atoms with Gasteiger partial charge in [0.15, 0.2) is 0 Å². The number of nitrogen functional groups attached to an aromatic ring is 1. The molecular weight excluding hydrogens is 220 g/mol. The first-order valence-corrected chi connectivity index (χ1v) is 6.61. The average Bonchev–Trinajstić information content (AvgIpc) is 2.29. The smallest absolute Gasteiger partial charge is 0.0726 e. The van der Waals surface area contributed by atoms with Crippen LogP contribution in [0.1, 0.15) is 45.4 Å². The number of aryl methyl sites for hydroxylation is 1. The van der Waals surface area contributed by atoms with E-state index in [1.807, 2.05) is 6.07 Å². The van der Waals surface area contributed by atoms with Gasteiger partial charge in [-0.05, 0) is 30.2 Å². The van der Waals surface area contributed by atoms with Gasteiger partial charge in [-0.1, -0.05) is 40.2 Å². The van der Waals surface area contributed by atoms with Crippen molar-refractivity contribution < 1.29 is 0 Å². The lowest BCUT2D eigenvalue weighted by molar-refractivity contribution is 0.572. The lowest BCUT2D eigenvalue weighted by Gasteiger charge is -2.19. The molecule has 1 aromatic carbocycles. The van der Waals surface area contributed by atoms with E-state index in [9.17, 15) is 0 Å². The third kappa shape index (κ3) is 2.47. The number of hydrogen-bond donors (Lipinski definition) is 1. The Morgan fingerprint density at radius 2 is 1.89 bits per heavy atom. The second-order valence-electron chi connectivity index (χ2n) is 5.95. The summed E-state index contributed by atoms with van der Waals surface area (Å²) in [6, 6.07) is 8.43. The molecule has 0 saturated heterocycles. The maximum absolute atomic E-state index is 6.18. The van der Waals surface area contributed by atoms with Crippen LogP contribution in [0.15, 0.2) is 24.3 Å². The minimum Gasteiger partial charge on any atom is -0.398 e. The standard InChI is InChI=1S/C16H22N2/c1-5-6-11-7-8-14-12(9-11)13(17)10-15(18-14)16(2,3)4/h7-10H,5-6H2,1-4H3,(H2,17,18). The van der Waals surface area contributed by atoms with E-state index in [2.05, 4.69) is 45.9 Å². The largest absolute Gasteiger partial charge is 0.398 e. The maximum Gasteiger partial charge on any atom is 0.0726 e. The van der Waals surface area contributed by atoms with Crippen LogP contribution in [-0.2, 0) is 11.8 Å². The molecule has 2 heteroatoms. The van der Waals surface area contributed by atoms with E-state index >= 15 is 0 Å². The summed E-state index contributed by atoms with van der Waals surface area (Å²) >= 11 is 0. The highest BCUT2D eigenvalue weighted by atomic mass is 14.7. The summed E-state index contributed by atoms with van der Waals surface area (Å²) in [7, 11) is 0. The Labute approximate surface area is 109 Å². The van der Waals surface area contributed by atoms with Crippen molar-refractivity contribution in [3.8, 4) is 0 Å². The number of fused-ring (bicyclic) bond motifs is 1. The molecule has 0 radical (unpaired) electrons. The van der Waals surface area contributed by atoms with E-state index in [0.717, 1.165) is 35.1 Å². The van der Waals surface area contributed by atoms with Crippen LogP contribution in [0.4, 0.5) is 5.69 Å². The van der Waals surface area contributed by atoms with Crippen molar-refractivity contribution >= 4 is 16.6 Å². The number of pyridine rings is 1. The summed E-state index contributed by atoms with van der Waals surface area (Å²) < 4.78 is 0. The van der Waals surface area contributed by atoms with Gasteiger partial charge in [0.1, 0.15) is 0 Å². The first-order chi connectivity index (χ1) is 8.41. The maximum atomic E-state index is 6.18. The zero-order valence-electron chi connectivity index (χ0n) is 11.7. The van der Waals surface area contributed by atoms with Crippen molar-refractivity contribution in [1.82, 2.24) is 4.98 Å². The second-order valence-corrected chi connectivity index (χ2v) is 5.95. The molecule has 2 rings (SSSR count). The fraction of sp³-hybridized carbons (Fsp3) is 0.438. The fourth-order valence-corrected chi connectivity index (χ4v) is 2.13. The second kappa shape index (κ2) is 4.60. The van der Waals surface area contributed by atoms with Gasteiger partial charge >= 0.3 is 0 Å². The van der Waals surface area contributed by atoms with Crippen LogP contribution in [0.2, 0.25) is 0 Å². The van der Waals surface area contributed by atoms with Gasteiger partial charge in [0.2, 0.25) is 0 Å². The molecule has 96 valence electrons. The molecule has 0 saturated carbocycles. The van der Waals surface area contributed by atoms with Gasteiger partial charge in [-0.2, -0.15) is 0 Å². The van der Waals surface area contributed by atoms with E-state index in [-0.39, 0.29) is 5.41 Å². The number of hydrogen-bond acceptors (Lipinski definition) is 2. The molecule has 0 aliphatic rings. The minimum absolute atomic E-state index is 0.0321. The SMILES string of the molecule is CCCc1ccc2nc(C(C)(C)C)cc(N)c2c1. The van der Waals surface area contributed by atoms with Crippen LogP contribution in [0.25, 0.3) is 10.9 Å². The summed E-state index contributed by atoms with van der Waals surface area (Å²) in [6.45, 7) is 8.67. The molecule has 0 aliphatic heterocycles. The van der Waals surface area contributed by atoms with Crippen LogP contribution < -0.4 is 5.73 Å². The molecule has 0 fully saturated rings.